The molecule has 0 radical (unpaired) electrons. The molecular weight excluding hydrogens is 451 g/mol. The quantitative estimate of drug-likeness (QED) is 0.514. The minimum atomic E-state index is -3.47. The summed E-state index contributed by atoms with van der Waals surface area (Å²) >= 11 is 1.38. The maximum absolute atomic E-state index is 13.4. The van der Waals surface area contributed by atoms with Crippen molar-refractivity contribution in [2.24, 2.45) is 0 Å². The number of hydrogen-bond acceptors (Lipinski definition) is 5. The van der Waals surface area contributed by atoms with Gasteiger partial charge in [-0.1, -0.05) is 42.1 Å². The third-order valence-corrected chi connectivity index (χ3v) is 7.83. The van der Waals surface area contributed by atoms with E-state index in [4.69, 9.17) is 0 Å². The number of halogens is 1. The summed E-state index contributed by atoms with van der Waals surface area (Å²) in [6.45, 7) is 1.05. The van der Waals surface area contributed by atoms with Crippen LogP contribution in [0.1, 0.15) is 16.1 Å². The lowest BCUT2D eigenvalue weighted by atomic mass is 10.2. The summed E-state index contributed by atoms with van der Waals surface area (Å²) in [4.78, 5) is 19.2. The third-order valence-electron chi connectivity index (χ3n) is 5.33. The van der Waals surface area contributed by atoms with E-state index < -0.39 is 10.0 Å². The van der Waals surface area contributed by atoms with Crippen LogP contribution in [-0.4, -0.2) is 65.5 Å². The normalized spacial score (nSPS) is 15.1. The molecule has 4 rings (SSSR count). The van der Waals surface area contributed by atoms with Crippen molar-refractivity contribution in [3.63, 3.8) is 0 Å². The summed E-state index contributed by atoms with van der Waals surface area (Å²) in [7, 11) is -3.47. The van der Waals surface area contributed by atoms with Crippen molar-refractivity contribution >= 4 is 27.7 Å². The number of amides is 1. The van der Waals surface area contributed by atoms with Crippen LogP contribution in [0.4, 0.5) is 4.39 Å². The molecule has 168 valence electrons. The van der Waals surface area contributed by atoms with E-state index >= 15 is 0 Å². The van der Waals surface area contributed by atoms with Gasteiger partial charge in [0.15, 0.2) is 5.16 Å². The van der Waals surface area contributed by atoms with Gasteiger partial charge in [-0.05, 0) is 36.1 Å². The van der Waals surface area contributed by atoms with Gasteiger partial charge in [0.05, 0.1) is 11.9 Å². The smallest absolute Gasteiger partial charge is 0.272 e. The summed E-state index contributed by atoms with van der Waals surface area (Å²) in [5.41, 5.74) is 1.74. The second kappa shape index (κ2) is 9.43. The Balaban J connectivity index is 1.48. The van der Waals surface area contributed by atoms with Crippen LogP contribution < -0.4 is 0 Å². The van der Waals surface area contributed by atoms with Gasteiger partial charge in [-0.25, -0.2) is 17.8 Å². The fraction of sp³-hybridized carbons (Fsp3) is 0.273. The molecule has 0 spiro atoms. The molecule has 32 heavy (non-hydrogen) atoms. The predicted octanol–water partition coefficient (Wildman–Crippen LogP) is 3.02. The van der Waals surface area contributed by atoms with Crippen LogP contribution in [0.15, 0.2) is 66.0 Å². The molecule has 0 N–H and O–H groups in total. The molecule has 1 aliphatic rings. The fourth-order valence-electron chi connectivity index (χ4n) is 3.68. The molecule has 1 amide bonds. The number of thioether (sulfide) groups is 1. The molecule has 10 heteroatoms. The van der Waals surface area contributed by atoms with Gasteiger partial charge in [0.25, 0.3) is 5.91 Å². The van der Waals surface area contributed by atoms with Crippen LogP contribution in [0.2, 0.25) is 0 Å². The third kappa shape index (κ3) is 4.72. The number of nitrogens with zero attached hydrogens (tertiary/aromatic N) is 4. The monoisotopic (exact) mass is 474 g/mol. The topological polar surface area (TPSA) is 75.5 Å². The zero-order valence-corrected chi connectivity index (χ0v) is 19.2. The highest BCUT2D eigenvalue weighted by atomic mass is 32.2. The number of aromatic nitrogens is 2. The van der Waals surface area contributed by atoms with Crippen molar-refractivity contribution in [3.8, 4) is 5.69 Å². The lowest BCUT2D eigenvalue weighted by Crippen LogP contribution is -2.51. The van der Waals surface area contributed by atoms with E-state index in [1.165, 1.54) is 34.4 Å². The average molecular weight is 475 g/mol. The van der Waals surface area contributed by atoms with E-state index in [2.05, 4.69) is 4.98 Å². The van der Waals surface area contributed by atoms with Crippen molar-refractivity contribution in [3.05, 3.63) is 77.9 Å². The van der Waals surface area contributed by atoms with Crippen LogP contribution >= 0.6 is 11.8 Å². The number of piperazine rings is 1. The first kappa shape index (κ1) is 22.5. The van der Waals surface area contributed by atoms with Crippen LogP contribution in [0.5, 0.6) is 0 Å². The molecule has 1 aromatic heterocycles. The Morgan fingerprint density at radius 1 is 1.03 bits per heavy atom. The molecule has 7 nitrogen and oxygen atoms in total. The molecule has 2 aromatic carbocycles. The van der Waals surface area contributed by atoms with Crippen LogP contribution in [0, 0.1) is 5.82 Å². The molecule has 2 heterocycles. The van der Waals surface area contributed by atoms with E-state index in [0.29, 0.717) is 16.5 Å². The lowest BCUT2D eigenvalue weighted by Gasteiger charge is -2.34. The number of sulfonamides is 1. The minimum Gasteiger partial charge on any atom is -0.335 e. The Bertz CT molecular complexity index is 1190. The average Bonchev–Trinajstić information content (AvgIpc) is 3.24. The van der Waals surface area contributed by atoms with Gasteiger partial charge in [0.2, 0.25) is 10.0 Å². The summed E-state index contributed by atoms with van der Waals surface area (Å²) < 4.78 is 42.1. The SMILES string of the molecule is CSc1ncc(C(=O)N2CCN(S(=O)(=O)Cc3ccccc3)CC2)n1-c1ccc(F)cc1. The first-order chi connectivity index (χ1) is 15.4. The van der Waals surface area contributed by atoms with Crippen molar-refractivity contribution in [1.82, 2.24) is 18.8 Å². The predicted molar refractivity (Wildman–Crippen MR) is 122 cm³/mol. The number of imidazole rings is 1. The molecule has 0 saturated carbocycles. The van der Waals surface area contributed by atoms with Gasteiger partial charge in [-0.3, -0.25) is 9.36 Å². The molecule has 1 fully saturated rings. The summed E-state index contributed by atoms with van der Waals surface area (Å²) in [5.74, 6) is -0.654. The number of hydrogen-bond donors (Lipinski definition) is 0. The molecular formula is C22H23FN4O3S2. The Morgan fingerprint density at radius 3 is 2.31 bits per heavy atom. The van der Waals surface area contributed by atoms with Crippen molar-refractivity contribution in [2.45, 2.75) is 10.9 Å². The second-order valence-corrected chi connectivity index (χ2v) is 10.1. The largest absolute Gasteiger partial charge is 0.335 e. The molecule has 1 saturated heterocycles. The lowest BCUT2D eigenvalue weighted by molar-refractivity contribution is 0.0689. The summed E-state index contributed by atoms with van der Waals surface area (Å²) in [6.07, 6.45) is 3.36. The standard InChI is InChI=1S/C22H23FN4O3S2/c1-31-22-24-15-20(27(22)19-9-7-18(23)8-10-19)21(28)25-11-13-26(14-12-25)32(29,30)16-17-5-3-2-4-6-17/h2-10,15H,11-14,16H2,1H3. The Kier molecular flexibility index (Phi) is 6.63. The molecule has 0 bridgehead atoms. The maximum Gasteiger partial charge on any atom is 0.272 e. The van der Waals surface area contributed by atoms with Gasteiger partial charge in [-0.2, -0.15) is 4.31 Å². The van der Waals surface area contributed by atoms with Crippen LogP contribution in [0.25, 0.3) is 5.69 Å². The number of carbonyl (C=O) groups excluding carboxylic acids is 1. The summed E-state index contributed by atoms with van der Waals surface area (Å²) in [6, 6.07) is 14.9. The second-order valence-electron chi connectivity index (χ2n) is 7.38. The maximum atomic E-state index is 13.4. The molecule has 0 unspecified atom stereocenters. The summed E-state index contributed by atoms with van der Waals surface area (Å²) in [5, 5.41) is 0.615. The molecule has 0 atom stereocenters. The van der Waals surface area contributed by atoms with Gasteiger partial charge < -0.3 is 4.90 Å². The van der Waals surface area contributed by atoms with E-state index in [1.54, 1.807) is 33.7 Å². The van der Waals surface area contributed by atoms with E-state index in [1.807, 2.05) is 24.5 Å². The van der Waals surface area contributed by atoms with Crippen molar-refractivity contribution < 1.29 is 17.6 Å². The van der Waals surface area contributed by atoms with Gasteiger partial charge in [0.1, 0.15) is 11.5 Å². The Morgan fingerprint density at radius 2 is 1.69 bits per heavy atom. The van der Waals surface area contributed by atoms with Crippen molar-refractivity contribution in [2.75, 3.05) is 32.4 Å². The molecule has 3 aromatic rings. The van der Waals surface area contributed by atoms with E-state index in [-0.39, 0.29) is 43.7 Å². The van der Waals surface area contributed by atoms with Crippen molar-refractivity contribution in [1.29, 1.82) is 0 Å². The highest BCUT2D eigenvalue weighted by Crippen LogP contribution is 2.24. The van der Waals surface area contributed by atoms with Gasteiger partial charge in [0, 0.05) is 31.9 Å². The van der Waals surface area contributed by atoms with Crippen LogP contribution in [0.3, 0.4) is 0 Å². The Hall–Kier alpha value is -2.69. The fourth-order valence-corrected chi connectivity index (χ4v) is 5.74. The highest BCUT2D eigenvalue weighted by Gasteiger charge is 2.31. The van der Waals surface area contributed by atoms with E-state index in [9.17, 15) is 17.6 Å². The number of rotatable bonds is 6. The highest BCUT2D eigenvalue weighted by molar-refractivity contribution is 7.98. The first-order valence-corrected chi connectivity index (χ1v) is 12.9. The minimum absolute atomic E-state index is 0.0593. The van der Waals surface area contributed by atoms with Gasteiger partial charge in [-0.15, -0.1) is 0 Å². The van der Waals surface area contributed by atoms with E-state index in [0.717, 1.165) is 5.56 Å². The molecule has 0 aliphatic carbocycles. The van der Waals surface area contributed by atoms with Gasteiger partial charge >= 0.3 is 0 Å². The first-order valence-electron chi connectivity index (χ1n) is 10.1. The number of carbonyl (C=O) groups is 1. The Labute approximate surface area is 190 Å². The zero-order chi connectivity index (χ0) is 22.7. The molecule has 1 aliphatic heterocycles. The van der Waals surface area contributed by atoms with Crippen LogP contribution in [-0.2, 0) is 15.8 Å². The number of benzene rings is 2. The zero-order valence-electron chi connectivity index (χ0n) is 17.5.